The van der Waals surface area contributed by atoms with E-state index < -0.39 is 0 Å². The van der Waals surface area contributed by atoms with Gasteiger partial charge in [-0.1, -0.05) is 59.5 Å². The van der Waals surface area contributed by atoms with E-state index in [0.717, 1.165) is 26.6 Å². The minimum atomic E-state index is -0.0645. The zero-order chi connectivity index (χ0) is 16.9. The molecule has 0 saturated carbocycles. The highest BCUT2D eigenvalue weighted by Crippen LogP contribution is 2.31. The molecule has 0 unspecified atom stereocenters. The average molecular weight is 356 g/mol. The normalized spacial score (nSPS) is 10.7. The van der Waals surface area contributed by atoms with Crippen LogP contribution in [0.15, 0.2) is 48.1 Å². The molecule has 5 nitrogen and oxygen atoms in total. The molecule has 2 aromatic heterocycles. The highest BCUT2D eigenvalue weighted by Gasteiger charge is 2.14. The number of aromatic nitrogens is 3. The maximum Gasteiger partial charge on any atom is 0.230 e. The van der Waals surface area contributed by atoms with Crippen molar-refractivity contribution in [3.8, 4) is 11.3 Å². The standard InChI is InChI=1S/C17H16N4OS2/c1-3-9-18-13(22)10-23-17-20-14(12-7-5-4-6-8-12)15-16(21-17)24-11(2)19-15/h3-8H,1,9-10H2,2H3,(H,18,22). The Morgan fingerprint density at radius 2 is 2.08 bits per heavy atom. The van der Waals surface area contributed by atoms with E-state index in [1.807, 2.05) is 37.3 Å². The molecule has 122 valence electrons. The van der Waals surface area contributed by atoms with E-state index in [-0.39, 0.29) is 11.7 Å². The van der Waals surface area contributed by atoms with Crippen LogP contribution in [0.25, 0.3) is 21.6 Å². The van der Waals surface area contributed by atoms with E-state index in [1.54, 1.807) is 6.08 Å². The number of thiazole rings is 1. The van der Waals surface area contributed by atoms with Crippen LogP contribution in [0.2, 0.25) is 0 Å². The number of amides is 1. The predicted octanol–water partition coefficient (Wildman–Crippen LogP) is 3.46. The third-order valence-corrected chi connectivity index (χ3v) is 4.88. The Labute approximate surface area is 148 Å². The topological polar surface area (TPSA) is 67.8 Å². The summed E-state index contributed by atoms with van der Waals surface area (Å²) in [6.07, 6.45) is 1.65. The van der Waals surface area contributed by atoms with E-state index in [4.69, 9.17) is 0 Å². The number of carbonyl (C=O) groups is 1. The second-order valence-electron chi connectivity index (χ2n) is 4.99. The lowest BCUT2D eigenvalue weighted by Gasteiger charge is -2.05. The molecule has 0 aliphatic rings. The van der Waals surface area contributed by atoms with Crippen LogP contribution in [0.3, 0.4) is 0 Å². The lowest BCUT2D eigenvalue weighted by molar-refractivity contribution is -0.118. The molecule has 7 heteroatoms. The number of rotatable bonds is 6. The van der Waals surface area contributed by atoms with E-state index in [1.165, 1.54) is 23.1 Å². The number of fused-ring (bicyclic) bond motifs is 1. The summed E-state index contributed by atoms with van der Waals surface area (Å²) in [5.74, 6) is 0.205. The first-order valence-electron chi connectivity index (χ1n) is 7.38. The van der Waals surface area contributed by atoms with E-state index in [2.05, 4.69) is 26.8 Å². The number of benzene rings is 1. The Morgan fingerprint density at radius 3 is 2.83 bits per heavy atom. The van der Waals surface area contributed by atoms with Gasteiger partial charge in [0.05, 0.1) is 10.8 Å². The fraction of sp³-hybridized carbons (Fsp3) is 0.176. The Bertz CT molecular complexity index is 877. The molecule has 1 N–H and O–H groups in total. The SMILES string of the molecule is C=CCNC(=O)CSc1nc(-c2ccccc2)c2nc(C)sc2n1. The summed E-state index contributed by atoms with van der Waals surface area (Å²) in [4.78, 5) is 26.3. The summed E-state index contributed by atoms with van der Waals surface area (Å²) >= 11 is 2.86. The third kappa shape index (κ3) is 3.80. The molecule has 0 spiro atoms. The van der Waals surface area contributed by atoms with E-state index in [9.17, 15) is 4.79 Å². The maximum atomic E-state index is 11.8. The molecule has 1 aromatic carbocycles. The number of carbonyl (C=O) groups excluding carboxylic acids is 1. The molecule has 0 aliphatic carbocycles. The van der Waals surface area contributed by atoms with Crippen LogP contribution in [-0.4, -0.2) is 33.2 Å². The lowest BCUT2D eigenvalue weighted by atomic mass is 10.1. The number of hydrogen-bond acceptors (Lipinski definition) is 6. The van der Waals surface area contributed by atoms with Gasteiger partial charge in [0.25, 0.3) is 0 Å². The van der Waals surface area contributed by atoms with Gasteiger partial charge in [0.2, 0.25) is 5.91 Å². The van der Waals surface area contributed by atoms with Crippen LogP contribution >= 0.6 is 23.1 Å². The highest BCUT2D eigenvalue weighted by atomic mass is 32.2. The molecule has 2 heterocycles. The minimum absolute atomic E-state index is 0.0645. The summed E-state index contributed by atoms with van der Waals surface area (Å²) in [7, 11) is 0. The third-order valence-electron chi connectivity index (χ3n) is 3.17. The highest BCUT2D eigenvalue weighted by molar-refractivity contribution is 7.99. The first-order chi connectivity index (χ1) is 11.7. The largest absolute Gasteiger partial charge is 0.352 e. The van der Waals surface area contributed by atoms with Crippen LogP contribution < -0.4 is 5.32 Å². The lowest BCUT2D eigenvalue weighted by Crippen LogP contribution is -2.25. The maximum absolute atomic E-state index is 11.8. The molecule has 1 amide bonds. The quantitative estimate of drug-likeness (QED) is 0.416. The molecular weight excluding hydrogens is 340 g/mol. The second-order valence-corrected chi connectivity index (χ2v) is 7.11. The van der Waals surface area contributed by atoms with Gasteiger partial charge in [-0.3, -0.25) is 4.79 Å². The number of hydrogen-bond donors (Lipinski definition) is 1. The molecule has 0 saturated heterocycles. The Morgan fingerprint density at radius 1 is 1.29 bits per heavy atom. The molecule has 3 aromatic rings. The molecule has 0 fully saturated rings. The van der Waals surface area contributed by atoms with Crippen molar-refractivity contribution >= 4 is 39.4 Å². The van der Waals surface area contributed by atoms with Crippen LogP contribution in [0.5, 0.6) is 0 Å². The molecule has 0 aliphatic heterocycles. The molecular formula is C17H16N4OS2. The molecule has 0 radical (unpaired) electrons. The van der Waals surface area contributed by atoms with Crippen LogP contribution in [0.4, 0.5) is 0 Å². The summed E-state index contributed by atoms with van der Waals surface area (Å²) in [6, 6.07) is 9.91. The summed E-state index contributed by atoms with van der Waals surface area (Å²) in [5.41, 5.74) is 2.61. The molecule has 0 atom stereocenters. The summed E-state index contributed by atoms with van der Waals surface area (Å²) in [5, 5.41) is 4.28. The Kier molecular flexibility index (Phi) is 5.22. The van der Waals surface area contributed by atoms with Crippen LogP contribution in [0.1, 0.15) is 5.01 Å². The molecule has 0 bridgehead atoms. The van der Waals surface area contributed by atoms with Gasteiger partial charge in [-0.05, 0) is 6.92 Å². The van der Waals surface area contributed by atoms with Crippen molar-refractivity contribution < 1.29 is 4.79 Å². The first-order valence-corrected chi connectivity index (χ1v) is 9.18. The summed E-state index contributed by atoms with van der Waals surface area (Å²) in [6.45, 7) is 6.00. The first kappa shape index (κ1) is 16.6. The number of nitrogens with one attached hydrogen (secondary N) is 1. The predicted molar refractivity (Wildman–Crippen MR) is 99.3 cm³/mol. The Balaban J connectivity index is 1.92. The van der Waals surface area contributed by atoms with Crippen LogP contribution in [-0.2, 0) is 4.79 Å². The van der Waals surface area contributed by atoms with Crippen molar-refractivity contribution in [2.24, 2.45) is 0 Å². The fourth-order valence-electron chi connectivity index (χ4n) is 2.14. The van der Waals surface area contributed by atoms with Crippen molar-refractivity contribution in [1.82, 2.24) is 20.3 Å². The van der Waals surface area contributed by atoms with Crippen molar-refractivity contribution in [2.45, 2.75) is 12.1 Å². The molecule has 3 rings (SSSR count). The van der Waals surface area contributed by atoms with Crippen molar-refractivity contribution in [3.05, 3.63) is 48.0 Å². The average Bonchev–Trinajstić information content (AvgIpc) is 2.98. The van der Waals surface area contributed by atoms with Crippen molar-refractivity contribution in [3.63, 3.8) is 0 Å². The van der Waals surface area contributed by atoms with Gasteiger partial charge in [0.1, 0.15) is 16.0 Å². The monoisotopic (exact) mass is 356 g/mol. The van der Waals surface area contributed by atoms with Gasteiger partial charge in [0.15, 0.2) is 5.16 Å². The van der Waals surface area contributed by atoms with Crippen LogP contribution in [0, 0.1) is 6.92 Å². The zero-order valence-corrected chi connectivity index (χ0v) is 14.8. The van der Waals surface area contributed by atoms with Gasteiger partial charge in [-0.2, -0.15) is 0 Å². The van der Waals surface area contributed by atoms with E-state index >= 15 is 0 Å². The van der Waals surface area contributed by atoms with Gasteiger partial charge >= 0.3 is 0 Å². The summed E-state index contributed by atoms with van der Waals surface area (Å²) < 4.78 is 0. The van der Waals surface area contributed by atoms with Gasteiger partial charge < -0.3 is 5.32 Å². The van der Waals surface area contributed by atoms with E-state index in [0.29, 0.717) is 11.7 Å². The second kappa shape index (κ2) is 7.55. The number of aryl methyl sites for hydroxylation is 1. The minimum Gasteiger partial charge on any atom is -0.352 e. The number of thioether (sulfide) groups is 1. The van der Waals surface area contributed by atoms with Crippen molar-refractivity contribution in [1.29, 1.82) is 0 Å². The zero-order valence-electron chi connectivity index (χ0n) is 13.2. The Hall–Kier alpha value is -2.25. The van der Waals surface area contributed by atoms with Crippen molar-refractivity contribution in [2.75, 3.05) is 12.3 Å². The van der Waals surface area contributed by atoms with Gasteiger partial charge in [-0.15, -0.1) is 6.58 Å². The van der Waals surface area contributed by atoms with Gasteiger partial charge in [-0.25, -0.2) is 15.0 Å². The molecule has 24 heavy (non-hydrogen) atoms. The number of nitrogens with zero attached hydrogens (tertiary/aromatic N) is 3. The van der Waals surface area contributed by atoms with Gasteiger partial charge in [0, 0.05) is 12.1 Å². The fourth-order valence-corrected chi connectivity index (χ4v) is 3.66. The smallest absolute Gasteiger partial charge is 0.230 e.